The van der Waals surface area contributed by atoms with Crippen molar-refractivity contribution in [2.24, 2.45) is 0 Å². The van der Waals surface area contributed by atoms with Gasteiger partial charge in [0, 0.05) is 37.6 Å². The Labute approximate surface area is 256 Å². The Bertz CT molecular complexity index is 1380. The van der Waals surface area contributed by atoms with Gasteiger partial charge in [0.15, 0.2) is 0 Å². The van der Waals surface area contributed by atoms with Gasteiger partial charge in [-0.1, -0.05) is 36.4 Å². The highest BCUT2D eigenvalue weighted by Gasteiger charge is 1.99. The van der Waals surface area contributed by atoms with E-state index in [1.807, 2.05) is 60.7 Å². The highest BCUT2D eigenvalue weighted by Crippen LogP contribution is 2.04. The molecule has 21 nitrogen and oxygen atoms in total. The summed E-state index contributed by atoms with van der Waals surface area (Å²) in [5.74, 6) is 0. The van der Waals surface area contributed by atoms with Crippen LogP contribution in [0, 0.1) is 0 Å². The van der Waals surface area contributed by atoms with Crippen molar-refractivity contribution >= 4 is 62.6 Å². The van der Waals surface area contributed by atoms with Gasteiger partial charge in [-0.25, -0.2) is 26.3 Å². The van der Waals surface area contributed by atoms with Crippen molar-refractivity contribution < 1.29 is 74.9 Å². The van der Waals surface area contributed by atoms with E-state index < -0.39 is 51.2 Å². The molecular formula is C18H36N4O17S5. The van der Waals surface area contributed by atoms with E-state index in [1.165, 1.54) is 0 Å². The van der Waals surface area contributed by atoms with Crippen LogP contribution >= 0.6 is 0 Å². The molecule has 0 aromatic heterocycles. The Kier molecular flexibility index (Phi) is 26.1. The van der Waals surface area contributed by atoms with Crippen LogP contribution in [0.5, 0.6) is 0 Å². The second kappa shape index (κ2) is 23.8. The largest absolute Gasteiger partial charge is 0.412 e. The van der Waals surface area contributed by atoms with E-state index in [0.29, 0.717) is 26.2 Å². The summed E-state index contributed by atoms with van der Waals surface area (Å²) in [6.45, 7) is 1.95. The zero-order valence-corrected chi connectivity index (χ0v) is 27.0. The van der Waals surface area contributed by atoms with Gasteiger partial charge in [-0.2, -0.15) is 25.3 Å². The molecule has 0 aliphatic rings. The molecule has 0 atom stereocenters. The van der Waals surface area contributed by atoms with E-state index >= 15 is 0 Å². The third-order valence-electron chi connectivity index (χ3n) is 3.18. The first-order valence-electron chi connectivity index (χ1n) is 10.7. The van der Waals surface area contributed by atoms with Crippen LogP contribution in [0.4, 0.5) is 11.4 Å². The van der Waals surface area contributed by atoms with Crippen molar-refractivity contribution in [3.05, 3.63) is 60.7 Å². The van der Waals surface area contributed by atoms with Crippen molar-refractivity contribution in [1.29, 1.82) is 0 Å². The van der Waals surface area contributed by atoms with Gasteiger partial charge in [-0.3, -0.25) is 27.3 Å². The number of benzene rings is 2. The maximum absolute atomic E-state index is 10.7. The number of rotatable bonds is 10. The molecule has 2 aromatic carbocycles. The molecule has 0 saturated heterocycles. The number of para-hydroxylation sites is 2. The average molecular weight is 741 g/mol. The third-order valence-corrected chi connectivity index (χ3v) is 4.64. The van der Waals surface area contributed by atoms with Crippen LogP contribution in [-0.4, -0.2) is 114 Å². The summed E-state index contributed by atoms with van der Waals surface area (Å²) in [4.78, 5) is 0. The highest BCUT2D eigenvalue weighted by atomic mass is 32.3. The number of sulfonamides is 2. The SMILES string of the molecule is CS(=O)(=O)NCCNc1ccccc1.CS(=O)(=O)NCCNc1ccccc1.O.O=S(=O)(O)O.O=S(=O)(O)O.O=S(=O)(O)O. The van der Waals surface area contributed by atoms with Crippen LogP contribution < -0.4 is 20.1 Å². The number of hydrogen-bond donors (Lipinski definition) is 10. The van der Waals surface area contributed by atoms with Gasteiger partial charge in [-0.05, 0) is 24.3 Å². The lowest BCUT2D eigenvalue weighted by Crippen LogP contribution is -2.27. The lowest BCUT2D eigenvalue weighted by atomic mass is 10.3. The van der Waals surface area contributed by atoms with E-state index in [4.69, 9.17) is 52.6 Å². The molecule has 0 spiro atoms. The van der Waals surface area contributed by atoms with E-state index in [9.17, 15) is 16.8 Å². The minimum Gasteiger partial charge on any atom is -0.412 e. The lowest BCUT2D eigenvalue weighted by molar-refractivity contribution is 0.378. The first-order valence-corrected chi connectivity index (χ1v) is 18.7. The fourth-order valence-electron chi connectivity index (χ4n) is 2.00. The Balaban J connectivity index is -0.000000248. The molecule has 260 valence electrons. The molecule has 2 rings (SSSR count). The van der Waals surface area contributed by atoms with Gasteiger partial charge in [0.25, 0.3) is 0 Å². The van der Waals surface area contributed by atoms with E-state index in [0.717, 1.165) is 23.9 Å². The molecule has 12 N–H and O–H groups in total. The second-order valence-electron chi connectivity index (χ2n) is 7.26. The fraction of sp³-hybridized carbons (Fsp3) is 0.333. The number of hydrogen-bond acceptors (Lipinski definition) is 12. The van der Waals surface area contributed by atoms with Crippen molar-refractivity contribution in [2.45, 2.75) is 0 Å². The maximum Gasteiger partial charge on any atom is 0.394 e. The second-order valence-corrected chi connectivity index (χ2v) is 13.6. The molecule has 0 aliphatic carbocycles. The highest BCUT2D eigenvalue weighted by molar-refractivity contribution is 7.89. The molecule has 0 saturated carbocycles. The van der Waals surface area contributed by atoms with Crippen LogP contribution in [-0.2, 0) is 51.2 Å². The molecule has 0 amide bonds. The summed E-state index contributed by atoms with van der Waals surface area (Å²) in [6.07, 6.45) is 2.30. The van der Waals surface area contributed by atoms with Gasteiger partial charge < -0.3 is 16.1 Å². The van der Waals surface area contributed by atoms with Crippen LogP contribution in [0.3, 0.4) is 0 Å². The smallest absolute Gasteiger partial charge is 0.394 e. The van der Waals surface area contributed by atoms with Crippen molar-refractivity contribution in [1.82, 2.24) is 9.44 Å². The van der Waals surface area contributed by atoms with Crippen molar-refractivity contribution in [2.75, 3.05) is 49.3 Å². The Morgan fingerprint density at radius 1 is 0.455 bits per heavy atom. The van der Waals surface area contributed by atoms with Gasteiger partial charge in [-0.15, -0.1) is 0 Å². The fourth-order valence-corrected chi connectivity index (χ4v) is 2.94. The first kappa shape index (κ1) is 48.3. The maximum atomic E-state index is 10.7. The van der Waals surface area contributed by atoms with E-state index in [1.54, 1.807) is 0 Å². The Morgan fingerprint density at radius 2 is 0.659 bits per heavy atom. The van der Waals surface area contributed by atoms with E-state index in [2.05, 4.69) is 20.1 Å². The quantitative estimate of drug-likeness (QED) is 0.0979. The van der Waals surface area contributed by atoms with Gasteiger partial charge >= 0.3 is 31.2 Å². The van der Waals surface area contributed by atoms with Crippen molar-refractivity contribution in [3.63, 3.8) is 0 Å². The van der Waals surface area contributed by atoms with Crippen LogP contribution in [0.15, 0.2) is 60.7 Å². The standard InChI is InChI=1S/2C9H14N2O2S.3H2O4S.H2O/c2*1-14(12,13)11-8-7-10-9-5-3-2-4-6-9;3*1-5(2,3)4;/h2*2-6,10-11H,7-8H2,1H3;3*(H2,1,2,3,4);1H2. The number of nitrogens with one attached hydrogen (secondary N) is 4. The summed E-state index contributed by atoms with van der Waals surface area (Å²) in [5, 5.41) is 6.18. The molecule has 0 bridgehead atoms. The minimum atomic E-state index is -4.67. The summed E-state index contributed by atoms with van der Waals surface area (Å²) in [5.41, 5.74) is 1.98. The Hall–Kier alpha value is -2.57. The third kappa shape index (κ3) is 67.2. The van der Waals surface area contributed by atoms with Gasteiger partial charge in [0.2, 0.25) is 20.0 Å². The van der Waals surface area contributed by atoms with Crippen LogP contribution in [0.2, 0.25) is 0 Å². The predicted molar refractivity (Wildman–Crippen MR) is 162 cm³/mol. The Morgan fingerprint density at radius 3 is 0.841 bits per heavy atom. The van der Waals surface area contributed by atoms with Crippen LogP contribution in [0.1, 0.15) is 0 Å². The molecule has 26 heteroatoms. The molecular weight excluding hydrogens is 705 g/mol. The van der Waals surface area contributed by atoms with Crippen LogP contribution in [0.25, 0.3) is 0 Å². The summed E-state index contributed by atoms with van der Waals surface area (Å²) in [6, 6.07) is 19.3. The van der Waals surface area contributed by atoms with Gasteiger partial charge in [0.1, 0.15) is 0 Å². The molecule has 0 unspecified atom stereocenters. The molecule has 44 heavy (non-hydrogen) atoms. The van der Waals surface area contributed by atoms with Gasteiger partial charge in [0.05, 0.1) is 12.5 Å². The molecule has 0 fully saturated rings. The zero-order valence-electron chi connectivity index (χ0n) is 22.9. The summed E-state index contributed by atoms with van der Waals surface area (Å²) < 4.78 is 142. The average Bonchev–Trinajstić information content (AvgIpc) is 2.77. The van der Waals surface area contributed by atoms with E-state index in [-0.39, 0.29) is 5.48 Å². The summed E-state index contributed by atoms with van der Waals surface area (Å²) >= 11 is 0. The predicted octanol–water partition coefficient (Wildman–Crippen LogP) is -1.49. The normalized spacial score (nSPS) is 11.1. The topological polar surface area (TPSA) is 372 Å². The number of anilines is 2. The molecule has 2 aromatic rings. The zero-order chi connectivity index (χ0) is 34.4. The summed E-state index contributed by atoms with van der Waals surface area (Å²) in [7, 11) is -20.1. The molecule has 0 heterocycles. The first-order chi connectivity index (χ1) is 19.2. The monoisotopic (exact) mass is 740 g/mol. The minimum absolute atomic E-state index is 0. The lowest BCUT2D eigenvalue weighted by Gasteiger charge is -2.05. The van der Waals surface area contributed by atoms with Crippen molar-refractivity contribution in [3.8, 4) is 0 Å². The molecule has 0 radical (unpaired) electrons. The molecule has 0 aliphatic heterocycles.